The molecule has 1 aromatic carbocycles. The standard InChI is InChI=1S/C14H13NO2S/c1-10-5-2-3-6-11(10)9-18-12-7-4-8-15-13(12)14(16)17/h2-8H,9H2,1H3,(H,16,17). The molecule has 0 saturated heterocycles. The maximum Gasteiger partial charge on any atom is 0.355 e. The zero-order chi connectivity index (χ0) is 13.0. The van der Waals surface area contributed by atoms with E-state index in [1.54, 1.807) is 12.1 Å². The van der Waals surface area contributed by atoms with Crippen molar-refractivity contribution >= 4 is 17.7 Å². The van der Waals surface area contributed by atoms with E-state index < -0.39 is 5.97 Å². The summed E-state index contributed by atoms with van der Waals surface area (Å²) in [5.41, 5.74) is 2.55. The molecular formula is C14H13NO2S. The molecule has 0 amide bonds. The van der Waals surface area contributed by atoms with Crippen molar-refractivity contribution in [3.05, 3.63) is 59.4 Å². The number of benzene rings is 1. The molecule has 0 aliphatic rings. The number of aromatic nitrogens is 1. The van der Waals surface area contributed by atoms with Crippen LogP contribution in [0.1, 0.15) is 21.6 Å². The topological polar surface area (TPSA) is 50.2 Å². The smallest absolute Gasteiger partial charge is 0.355 e. The van der Waals surface area contributed by atoms with Gasteiger partial charge < -0.3 is 5.11 Å². The third kappa shape index (κ3) is 2.90. The Hall–Kier alpha value is -1.81. The summed E-state index contributed by atoms with van der Waals surface area (Å²) < 4.78 is 0. The number of carbonyl (C=O) groups is 1. The number of hydrogen-bond acceptors (Lipinski definition) is 3. The number of hydrogen-bond donors (Lipinski definition) is 1. The summed E-state index contributed by atoms with van der Waals surface area (Å²) >= 11 is 1.50. The molecule has 0 aliphatic carbocycles. The van der Waals surface area contributed by atoms with Crippen LogP contribution in [0.25, 0.3) is 0 Å². The summed E-state index contributed by atoms with van der Waals surface area (Å²) in [5.74, 6) is -0.235. The van der Waals surface area contributed by atoms with Crippen molar-refractivity contribution < 1.29 is 9.90 Å². The van der Waals surface area contributed by atoms with Gasteiger partial charge in [-0.05, 0) is 30.2 Å². The molecule has 0 atom stereocenters. The fraction of sp³-hybridized carbons (Fsp3) is 0.143. The average molecular weight is 259 g/mol. The predicted molar refractivity (Wildman–Crippen MR) is 71.9 cm³/mol. The largest absolute Gasteiger partial charge is 0.476 e. The summed E-state index contributed by atoms with van der Waals surface area (Å²) in [6, 6.07) is 11.6. The van der Waals surface area contributed by atoms with Gasteiger partial charge in [0.25, 0.3) is 0 Å². The minimum Gasteiger partial charge on any atom is -0.476 e. The van der Waals surface area contributed by atoms with Gasteiger partial charge in [-0.3, -0.25) is 0 Å². The van der Waals surface area contributed by atoms with Gasteiger partial charge in [-0.2, -0.15) is 0 Å². The normalized spacial score (nSPS) is 10.3. The van der Waals surface area contributed by atoms with Crippen LogP contribution in [0, 0.1) is 6.92 Å². The van der Waals surface area contributed by atoms with Gasteiger partial charge in [0.1, 0.15) is 0 Å². The molecule has 0 spiro atoms. The summed E-state index contributed by atoms with van der Waals surface area (Å²) in [7, 11) is 0. The second kappa shape index (κ2) is 5.69. The van der Waals surface area contributed by atoms with E-state index in [4.69, 9.17) is 5.11 Å². The van der Waals surface area contributed by atoms with Crippen molar-refractivity contribution in [2.45, 2.75) is 17.6 Å². The zero-order valence-corrected chi connectivity index (χ0v) is 10.8. The highest BCUT2D eigenvalue weighted by molar-refractivity contribution is 7.98. The number of pyridine rings is 1. The summed E-state index contributed by atoms with van der Waals surface area (Å²) in [6.45, 7) is 2.05. The van der Waals surface area contributed by atoms with Gasteiger partial charge in [-0.15, -0.1) is 11.8 Å². The van der Waals surface area contributed by atoms with E-state index in [2.05, 4.69) is 24.0 Å². The number of nitrogens with zero attached hydrogens (tertiary/aromatic N) is 1. The van der Waals surface area contributed by atoms with Crippen molar-refractivity contribution in [3.8, 4) is 0 Å². The van der Waals surface area contributed by atoms with Crippen LogP contribution in [0.2, 0.25) is 0 Å². The number of rotatable bonds is 4. The van der Waals surface area contributed by atoms with Crippen molar-refractivity contribution in [1.82, 2.24) is 4.98 Å². The number of aromatic carboxylic acids is 1. The quantitative estimate of drug-likeness (QED) is 0.855. The molecular weight excluding hydrogens is 246 g/mol. The maximum absolute atomic E-state index is 11.0. The molecule has 1 heterocycles. The second-order valence-corrected chi connectivity index (χ2v) is 4.89. The fourth-order valence-electron chi connectivity index (χ4n) is 1.60. The van der Waals surface area contributed by atoms with E-state index in [1.807, 2.05) is 12.1 Å². The maximum atomic E-state index is 11.0. The monoisotopic (exact) mass is 259 g/mol. The SMILES string of the molecule is Cc1ccccc1CSc1cccnc1C(=O)O. The Balaban J connectivity index is 2.16. The van der Waals surface area contributed by atoms with Gasteiger partial charge in [0.2, 0.25) is 0 Å². The number of carboxylic acid groups (broad SMARTS) is 1. The molecule has 0 bridgehead atoms. The van der Waals surface area contributed by atoms with E-state index in [9.17, 15) is 4.79 Å². The molecule has 0 fully saturated rings. The van der Waals surface area contributed by atoms with Gasteiger partial charge in [-0.1, -0.05) is 24.3 Å². The fourth-order valence-corrected chi connectivity index (χ4v) is 2.68. The van der Waals surface area contributed by atoms with Crippen molar-refractivity contribution in [2.24, 2.45) is 0 Å². The van der Waals surface area contributed by atoms with Crippen LogP contribution in [-0.2, 0) is 5.75 Å². The van der Waals surface area contributed by atoms with E-state index in [1.165, 1.54) is 29.1 Å². The Bertz CT molecular complexity index is 569. The lowest BCUT2D eigenvalue weighted by molar-refractivity contribution is 0.0686. The van der Waals surface area contributed by atoms with Crippen LogP contribution in [0.4, 0.5) is 0 Å². The first-order chi connectivity index (χ1) is 8.68. The van der Waals surface area contributed by atoms with Gasteiger partial charge in [0.05, 0.1) is 0 Å². The Labute approximate surface area is 110 Å². The Morgan fingerprint density at radius 3 is 2.78 bits per heavy atom. The van der Waals surface area contributed by atoms with Crippen LogP contribution in [0.3, 0.4) is 0 Å². The van der Waals surface area contributed by atoms with Gasteiger partial charge in [0.15, 0.2) is 5.69 Å². The highest BCUT2D eigenvalue weighted by Crippen LogP contribution is 2.26. The number of carboxylic acids is 1. The summed E-state index contributed by atoms with van der Waals surface area (Å²) in [6.07, 6.45) is 1.50. The molecule has 3 nitrogen and oxygen atoms in total. The van der Waals surface area contributed by atoms with E-state index in [-0.39, 0.29) is 5.69 Å². The van der Waals surface area contributed by atoms with Crippen molar-refractivity contribution in [1.29, 1.82) is 0 Å². The number of thioether (sulfide) groups is 1. The molecule has 0 aliphatic heterocycles. The molecule has 2 rings (SSSR count). The van der Waals surface area contributed by atoms with Gasteiger partial charge in [-0.25, -0.2) is 9.78 Å². The first-order valence-electron chi connectivity index (χ1n) is 5.54. The van der Waals surface area contributed by atoms with E-state index >= 15 is 0 Å². The molecule has 0 radical (unpaired) electrons. The lowest BCUT2D eigenvalue weighted by Gasteiger charge is -2.06. The van der Waals surface area contributed by atoms with Gasteiger partial charge >= 0.3 is 5.97 Å². The molecule has 18 heavy (non-hydrogen) atoms. The molecule has 0 saturated carbocycles. The molecule has 2 aromatic rings. The minimum atomic E-state index is -0.983. The summed E-state index contributed by atoms with van der Waals surface area (Å²) in [4.78, 5) is 15.6. The Kier molecular flexibility index (Phi) is 3.99. The molecule has 0 unspecified atom stereocenters. The highest BCUT2D eigenvalue weighted by atomic mass is 32.2. The molecule has 4 heteroatoms. The Morgan fingerprint density at radius 2 is 2.06 bits per heavy atom. The third-order valence-electron chi connectivity index (χ3n) is 2.62. The highest BCUT2D eigenvalue weighted by Gasteiger charge is 2.11. The first kappa shape index (κ1) is 12.6. The summed E-state index contributed by atoms with van der Waals surface area (Å²) in [5, 5.41) is 9.04. The third-order valence-corrected chi connectivity index (χ3v) is 3.71. The Morgan fingerprint density at radius 1 is 1.28 bits per heavy atom. The van der Waals surface area contributed by atoms with E-state index in [0.29, 0.717) is 4.90 Å². The second-order valence-electron chi connectivity index (χ2n) is 3.87. The predicted octanol–water partition coefficient (Wildman–Crippen LogP) is 3.38. The van der Waals surface area contributed by atoms with Crippen LogP contribution >= 0.6 is 11.8 Å². The van der Waals surface area contributed by atoms with Crippen LogP contribution in [0.15, 0.2) is 47.5 Å². The van der Waals surface area contributed by atoms with Crippen LogP contribution < -0.4 is 0 Å². The lowest BCUT2D eigenvalue weighted by Crippen LogP contribution is -2.02. The van der Waals surface area contributed by atoms with Crippen molar-refractivity contribution in [3.63, 3.8) is 0 Å². The van der Waals surface area contributed by atoms with E-state index in [0.717, 1.165) is 5.75 Å². The van der Waals surface area contributed by atoms with Crippen LogP contribution in [-0.4, -0.2) is 16.1 Å². The first-order valence-corrected chi connectivity index (χ1v) is 6.52. The average Bonchev–Trinajstić information content (AvgIpc) is 2.38. The molecule has 1 N–H and O–H groups in total. The van der Waals surface area contributed by atoms with Gasteiger partial charge in [0, 0.05) is 16.8 Å². The number of aryl methyl sites for hydroxylation is 1. The van der Waals surface area contributed by atoms with Crippen LogP contribution in [0.5, 0.6) is 0 Å². The molecule has 1 aromatic heterocycles. The zero-order valence-electron chi connectivity index (χ0n) is 9.96. The minimum absolute atomic E-state index is 0.121. The van der Waals surface area contributed by atoms with Crippen molar-refractivity contribution in [2.75, 3.05) is 0 Å². The molecule has 92 valence electrons. The lowest BCUT2D eigenvalue weighted by atomic mass is 10.1.